The van der Waals surface area contributed by atoms with Crippen molar-refractivity contribution in [1.29, 1.82) is 0 Å². The Bertz CT molecular complexity index is 1160. The van der Waals surface area contributed by atoms with Gasteiger partial charge in [0.1, 0.15) is 17.6 Å². The molecule has 0 spiro atoms. The lowest BCUT2D eigenvalue weighted by molar-refractivity contribution is 0.0147. The topological polar surface area (TPSA) is 84.2 Å². The summed E-state index contributed by atoms with van der Waals surface area (Å²) in [4.78, 5) is 19.3. The molecule has 0 aliphatic carbocycles. The summed E-state index contributed by atoms with van der Waals surface area (Å²) < 4.78 is 16.9. The van der Waals surface area contributed by atoms with Gasteiger partial charge in [0.15, 0.2) is 0 Å². The third-order valence-electron chi connectivity index (χ3n) is 6.62. The minimum Gasteiger partial charge on any atom is -0.497 e. The molecule has 0 atom stereocenters. The summed E-state index contributed by atoms with van der Waals surface area (Å²) in [5.41, 5.74) is 3.14. The predicted molar refractivity (Wildman–Crippen MR) is 131 cm³/mol. The number of carbonyl (C=O) groups excluding carboxylic acids is 1. The van der Waals surface area contributed by atoms with E-state index in [4.69, 9.17) is 13.9 Å². The smallest absolute Gasteiger partial charge is 0.311 e. The Morgan fingerprint density at radius 2 is 1.80 bits per heavy atom. The highest BCUT2D eigenvalue weighted by Crippen LogP contribution is 2.26. The number of ether oxygens (including phenoxy) is 2. The van der Waals surface area contributed by atoms with Crippen LogP contribution in [0, 0.1) is 6.92 Å². The average molecular weight is 478 g/mol. The van der Waals surface area contributed by atoms with Gasteiger partial charge in [-0.2, -0.15) is 0 Å². The second-order valence-corrected chi connectivity index (χ2v) is 9.27. The predicted octanol–water partition coefficient (Wildman–Crippen LogP) is 2.70. The second kappa shape index (κ2) is 10.1. The fourth-order valence-corrected chi connectivity index (χ4v) is 4.36. The minimum absolute atomic E-state index is 0.0151. The number of aryl methyl sites for hydroxylation is 1. The van der Waals surface area contributed by atoms with Crippen LogP contribution < -0.4 is 9.47 Å². The van der Waals surface area contributed by atoms with Gasteiger partial charge in [-0.15, -0.1) is 10.2 Å². The Morgan fingerprint density at radius 3 is 2.49 bits per heavy atom. The van der Waals surface area contributed by atoms with Gasteiger partial charge in [-0.3, -0.25) is 9.69 Å². The first kappa shape index (κ1) is 23.3. The van der Waals surface area contributed by atoms with E-state index in [9.17, 15) is 4.79 Å². The van der Waals surface area contributed by atoms with Crippen LogP contribution >= 0.6 is 0 Å². The maximum atomic E-state index is 12.7. The molecule has 3 aromatic rings. The molecule has 35 heavy (non-hydrogen) atoms. The van der Waals surface area contributed by atoms with E-state index in [0.717, 1.165) is 55.3 Å². The van der Waals surface area contributed by atoms with Gasteiger partial charge in [-0.05, 0) is 55.4 Å². The SMILES string of the molecule is COc1ccc(-c2nnc(C(=O)N3CC(Oc4ccc(CN5CCN(C)CC5)cc4C)C3)o2)cc1. The third-order valence-corrected chi connectivity index (χ3v) is 6.62. The van der Waals surface area contributed by atoms with Gasteiger partial charge in [0.05, 0.1) is 20.2 Å². The van der Waals surface area contributed by atoms with E-state index in [2.05, 4.69) is 46.1 Å². The summed E-state index contributed by atoms with van der Waals surface area (Å²) in [6.45, 7) is 8.44. The van der Waals surface area contributed by atoms with Crippen molar-refractivity contribution >= 4 is 5.91 Å². The number of hydrogen-bond acceptors (Lipinski definition) is 8. The summed E-state index contributed by atoms with van der Waals surface area (Å²) >= 11 is 0. The van der Waals surface area contributed by atoms with Crippen LogP contribution in [0.15, 0.2) is 46.9 Å². The standard InChI is InChI=1S/C26H31N5O4/c1-18-14-19(15-30-12-10-29(2)11-13-30)4-9-23(18)34-22-16-31(17-22)26(32)25-28-27-24(35-25)20-5-7-21(33-3)8-6-20/h4-9,14,22H,10-13,15-17H2,1-3H3. The highest BCUT2D eigenvalue weighted by atomic mass is 16.5. The molecule has 2 fully saturated rings. The second-order valence-electron chi connectivity index (χ2n) is 9.27. The molecule has 2 aromatic carbocycles. The molecular weight excluding hydrogens is 446 g/mol. The molecule has 0 bridgehead atoms. The number of piperazine rings is 1. The van der Waals surface area contributed by atoms with Gasteiger partial charge in [0.25, 0.3) is 0 Å². The van der Waals surface area contributed by atoms with Crippen molar-refractivity contribution in [2.24, 2.45) is 0 Å². The van der Waals surface area contributed by atoms with Gasteiger partial charge in [0.2, 0.25) is 5.89 Å². The van der Waals surface area contributed by atoms with E-state index < -0.39 is 0 Å². The van der Waals surface area contributed by atoms with Crippen molar-refractivity contribution in [3.8, 4) is 23.0 Å². The lowest BCUT2D eigenvalue weighted by atomic mass is 10.1. The monoisotopic (exact) mass is 477 g/mol. The molecule has 5 rings (SSSR count). The fraction of sp³-hybridized carbons (Fsp3) is 0.423. The molecule has 2 saturated heterocycles. The Balaban J connectivity index is 1.12. The van der Waals surface area contributed by atoms with Gasteiger partial charge < -0.3 is 23.7 Å². The average Bonchev–Trinajstić information content (AvgIpc) is 3.34. The van der Waals surface area contributed by atoms with Crippen molar-refractivity contribution in [2.75, 3.05) is 53.4 Å². The molecule has 2 aliphatic rings. The molecule has 0 N–H and O–H groups in total. The molecule has 2 aliphatic heterocycles. The number of nitrogens with zero attached hydrogens (tertiary/aromatic N) is 5. The number of aromatic nitrogens is 2. The number of hydrogen-bond donors (Lipinski definition) is 0. The molecule has 1 amide bonds. The number of rotatable bonds is 7. The summed E-state index contributed by atoms with van der Waals surface area (Å²) in [5, 5.41) is 7.95. The number of likely N-dealkylation sites (N-methyl/N-ethyl adjacent to an activating group) is 1. The molecule has 0 radical (unpaired) electrons. The molecule has 184 valence electrons. The molecule has 3 heterocycles. The molecule has 9 nitrogen and oxygen atoms in total. The zero-order chi connectivity index (χ0) is 24.4. The van der Waals surface area contributed by atoms with E-state index >= 15 is 0 Å². The number of likely N-dealkylation sites (tertiary alicyclic amines) is 1. The van der Waals surface area contributed by atoms with Gasteiger partial charge in [0, 0.05) is 38.3 Å². The lowest BCUT2D eigenvalue weighted by Gasteiger charge is -2.38. The van der Waals surface area contributed by atoms with Crippen molar-refractivity contribution in [2.45, 2.75) is 19.6 Å². The van der Waals surface area contributed by atoms with Gasteiger partial charge >= 0.3 is 11.8 Å². The molecular formula is C26H31N5O4. The van der Waals surface area contributed by atoms with Crippen LogP contribution in [0.1, 0.15) is 21.8 Å². The van der Waals surface area contributed by atoms with E-state index in [-0.39, 0.29) is 17.9 Å². The molecule has 1 aromatic heterocycles. The van der Waals surface area contributed by atoms with E-state index in [1.165, 1.54) is 5.56 Å². The Morgan fingerprint density at radius 1 is 1.06 bits per heavy atom. The van der Waals surface area contributed by atoms with Crippen molar-refractivity contribution < 1.29 is 18.7 Å². The number of methoxy groups -OCH3 is 1. The van der Waals surface area contributed by atoms with Crippen LogP contribution in [0.25, 0.3) is 11.5 Å². The minimum atomic E-state index is -0.281. The maximum Gasteiger partial charge on any atom is 0.311 e. The van der Waals surface area contributed by atoms with Crippen molar-refractivity contribution in [3.05, 3.63) is 59.5 Å². The lowest BCUT2D eigenvalue weighted by Crippen LogP contribution is -2.56. The normalized spacial score (nSPS) is 17.3. The molecule has 9 heteroatoms. The van der Waals surface area contributed by atoms with Crippen LogP contribution in [-0.2, 0) is 6.54 Å². The quantitative estimate of drug-likeness (QED) is 0.514. The van der Waals surface area contributed by atoms with Gasteiger partial charge in [-0.25, -0.2) is 0 Å². The van der Waals surface area contributed by atoms with E-state index in [1.807, 2.05) is 18.2 Å². The van der Waals surface area contributed by atoms with E-state index in [1.54, 1.807) is 24.1 Å². The van der Waals surface area contributed by atoms with E-state index in [0.29, 0.717) is 19.0 Å². The van der Waals surface area contributed by atoms with Crippen LogP contribution in [0.3, 0.4) is 0 Å². The van der Waals surface area contributed by atoms with Crippen LogP contribution in [0.5, 0.6) is 11.5 Å². The molecule has 0 unspecified atom stereocenters. The summed E-state index contributed by atoms with van der Waals surface area (Å²) in [6.07, 6.45) is -0.0508. The van der Waals surface area contributed by atoms with Crippen LogP contribution in [0.2, 0.25) is 0 Å². The summed E-state index contributed by atoms with van der Waals surface area (Å²) in [5.74, 6) is 1.60. The first-order chi connectivity index (χ1) is 17.0. The maximum absolute atomic E-state index is 12.7. The number of benzene rings is 2. The summed E-state index contributed by atoms with van der Waals surface area (Å²) in [7, 11) is 3.78. The first-order valence-electron chi connectivity index (χ1n) is 11.9. The van der Waals surface area contributed by atoms with Crippen LogP contribution in [-0.4, -0.2) is 90.3 Å². The zero-order valence-electron chi connectivity index (χ0n) is 20.4. The fourth-order valence-electron chi connectivity index (χ4n) is 4.36. The zero-order valence-corrected chi connectivity index (χ0v) is 20.4. The van der Waals surface area contributed by atoms with Crippen molar-refractivity contribution in [1.82, 2.24) is 24.9 Å². The highest BCUT2D eigenvalue weighted by Gasteiger charge is 2.35. The first-order valence-corrected chi connectivity index (χ1v) is 11.9. The Labute approximate surface area is 205 Å². The Hall–Kier alpha value is -3.43. The van der Waals surface area contributed by atoms with Gasteiger partial charge in [-0.1, -0.05) is 12.1 Å². The largest absolute Gasteiger partial charge is 0.497 e. The Kier molecular flexibility index (Phi) is 6.70. The molecule has 0 saturated carbocycles. The highest BCUT2D eigenvalue weighted by molar-refractivity contribution is 5.90. The number of carbonyl (C=O) groups is 1. The van der Waals surface area contributed by atoms with Crippen molar-refractivity contribution in [3.63, 3.8) is 0 Å². The third kappa shape index (κ3) is 5.31. The van der Waals surface area contributed by atoms with Crippen LogP contribution in [0.4, 0.5) is 0 Å². The summed E-state index contributed by atoms with van der Waals surface area (Å²) in [6, 6.07) is 13.6. The number of amides is 1.